The third kappa shape index (κ3) is 5.47. The lowest BCUT2D eigenvalue weighted by atomic mass is 10.1. The molecule has 4 rings (SSSR count). The number of benzene rings is 3. The number of primary amides is 1. The highest BCUT2D eigenvalue weighted by Gasteiger charge is 2.19. The van der Waals surface area contributed by atoms with Crippen molar-refractivity contribution in [1.29, 1.82) is 0 Å². The summed E-state index contributed by atoms with van der Waals surface area (Å²) < 4.78 is 5.18. The number of nitrogens with zero attached hydrogens (tertiary/aromatic N) is 1. The lowest BCUT2D eigenvalue weighted by Gasteiger charge is -2.11. The van der Waals surface area contributed by atoms with Crippen LogP contribution in [0.1, 0.15) is 27.0 Å². The third-order valence-corrected chi connectivity index (χ3v) is 5.56. The van der Waals surface area contributed by atoms with Gasteiger partial charge in [-0.3, -0.25) is 9.89 Å². The van der Waals surface area contributed by atoms with Gasteiger partial charge in [-0.2, -0.15) is 5.10 Å². The summed E-state index contributed by atoms with van der Waals surface area (Å²) in [7, 11) is 1.63. The van der Waals surface area contributed by atoms with Crippen LogP contribution in [0.15, 0.2) is 60.7 Å². The van der Waals surface area contributed by atoms with Gasteiger partial charge < -0.3 is 31.5 Å². The van der Waals surface area contributed by atoms with Gasteiger partial charge >= 0.3 is 0 Å². The summed E-state index contributed by atoms with van der Waals surface area (Å²) in [6.45, 7) is 4.11. The Morgan fingerprint density at radius 2 is 1.51 bits per heavy atom. The van der Waals surface area contributed by atoms with Crippen molar-refractivity contribution in [3.8, 4) is 11.5 Å². The first kappa shape index (κ1) is 23.5. The molecule has 1 aromatic heterocycles. The highest BCUT2D eigenvalue weighted by Crippen LogP contribution is 2.28. The number of carbonyl (C=O) groups is 1. The number of methoxy groups -OCH3 is 1. The maximum Gasteiger partial charge on any atom is 0.256 e. The summed E-state index contributed by atoms with van der Waals surface area (Å²) in [5.74, 6) is 1.21. The third-order valence-electron chi connectivity index (χ3n) is 5.56. The Labute approximate surface area is 203 Å². The van der Waals surface area contributed by atoms with E-state index in [9.17, 15) is 9.90 Å². The van der Waals surface area contributed by atoms with Crippen LogP contribution in [0, 0.1) is 13.8 Å². The molecule has 4 aromatic rings. The predicted octanol–water partition coefficient (Wildman–Crippen LogP) is 4.94. The van der Waals surface area contributed by atoms with Crippen molar-refractivity contribution in [1.82, 2.24) is 10.2 Å². The minimum Gasteiger partial charge on any atom is -0.507 e. The number of aromatic hydroxyl groups is 1. The maximum absolute atomic E-state index is 12.2. The fraction of sp³-hybridized carbons (Fsp3) is 0.154. The molecular weight excluding hydrogens is 444 g/mol. The maximum atomic E-state index is 12.2. The Kier molecular flexibility index (Phi) is 6.77. The van der Waals surface area contributed by atoms with Crippen molar-refractivity contribution in [2.75, 3.05) is 23.1 Å². The van der Waals surface area contributed by atoms with Crippen LogP contribution in [-0.2, 0) is 6.54 Å². The van der Waals surface area contributed by atoms with Crippen LogP contribution in [0.4, 0.5) is 28.7 Å². The van der Waals surface area contributed by atoms with Gasteiger partial charge in [-0.15, -0.1) is 0 Å². The summed E-state index contributed by atoms with van der Waals surface area (Å²) in [5, 5.41) is 26.7. The number of aromatic amines is 1. The first-order chi connectivity index (χ1) is 16.8. The highest BCUT2D eigenvalue weighted by molar-refractivity contribution is 6.03. The molecule has 0 unspecified atom stereocenters. The summed E-state index contributed by atoms with van der Waals surface area (Å²) in [6, 6.07) is 19.0. The van der Waals surface area contributed by atoms with E-state index in [1.807, 2.05) is 74.5 Å². The van der Waals surface area contributed by atoms with Gasteiger partial charge in [0.1, 0.15) is 22.9 Å². The number of nitrogens with two attached hydrogens (primary N) is 1. The van der Waals surface area contributed by atoms with Crippen LogP contribution in [-0.4, -0.2) is 28.3 Å². The van der Waals surface area contributed by atoms with Crippen LogP contribution in [0.5, 0.6) is 11.5 Å². The average molecular weight is 473 g/mol. The summed E-state index contributed by atoms with van der Waals surface area (Å²) in [5.41, 5.74) is 11.0. The van der Waals surface area contributed by atoms with E-state index in [1.54, 1.807) is 7.11 Å². The second kappa shape index (κ2) is 10.1. The minimum atomic E-state index is -0.611. The van der Waals surface area contributed by atoms with Gasteiger partial charge in [-0.05, 0) is 79.1 Å². The number of aryl methyl sites for hydroxylation is 2. The number of aromatic nitrogens is 2. The lowest BCUT2D eigenvalue weighted by Crippen LogP contribution is -2.15. The molecule has 35 heavy (non-hydrogen) atoms. The van der Waals surface area contributed by atoms with Crippen LogP contribution < -0.4 is 26.4 Å². The average Bonchev–Trinajstić information content (AvgIpc) is 3.25. The van der Waals surface area contributed by atoms with E-state index in [2.05, 4.69) is 26.1 Å². The molecule has 7 N–H and O–H groups in total. The van der Waals surface area contributed by atoms with E-state index >= 15 is 0 Å². The SMILES string of the molecule is COc1ccc(Nc2ccc(Nc3n[nH]c(NCc4cc(C)c(O)c(C)c4)c3C(N)=O)cc2)cc1. The number of anilines is 5. The van der Waals surface area contributed by atoms with Gasteiger partial charge in [0.15, 0.2) is 5.82 Å². The number of carbonyl (C=O) groups excluding carboxylic acids is 1. The molecule has 9 heteroatoms. The van der Waals surface area contributed by atoms with E-state index in [0.717, 1.165) is 39.5 Å². The van der Waals surface area contributed by atoms with E-state index in [4.69, 9.17) is 10.5 Å². The van der Waals surface area contributed by atoms with Crippen molar-refractivity contribution in [3.05, 3.63) is 82.9 Å². The number of H-pyrrole nitrogens is 1. The molecule has 0 spiro atoms. The molecule has 0 saturated carbocycles. The monoisotopic (exact) mass is 472 g/mol. The normalized spacial score (nSPS) is 10.6. The number of rotatable bonds is 9. The van der Waals surface area contributed by atoms with Crippen LogP contribution in [0.25, 0.3) is 0 Å². The van der Waals surface area contributed by atoms with Gasteiger partial charge in [0.05, 0.1) is 7.11 Å². The number of nitrogens with one attached hydrogen (secondary N) is 4. The number of hydrogen-bond donors (Lipinski definition) is 6. The van der Waals surface area contributed by atoms with E-state index in [0.29, 0.717) is 18.2 Å². The number of hydrogen-bond acceptors (Lipinski definition) is 7. The highest BCUT2D eigenvalue weighted by atomic mass is 16.5. The Morgan fingerprint density at radius 1 is 0.971 bits per heavy atom. The number of amides is 1. The van der Waals surface area contributed by atoms with Gasteiger partial charge in [0.25, 0.3) is 5.91 Å². The number of phenols is 1. The molecule has 0 bridgehead atoms. The van der Waals surface area contributed by atoms with E-state index < -0.39 is 5.91 Å². The van der Waals surface area contributed by atoms with Crippen molar-refractivity contribution in [2.24, 2.45) is 5.73 Å². The van der Waals surface area contributed by atoms with Gasteiger partial charge in [-0.25, -0.2) is 0 Å². The Hall–Kier alpha value is -4.66. The zero-order chi connectivity index (χ0) is 24.9. The van der Waals surface area contributed by atoms with Crippen molar-refractivity contribution < 1.29 is 14.6 Å². The molecule has 1 amide bonds. The molecule has 0 atom stereocenters. The fourth-order valence-electron chi connectivity index (χ4n) is 3.75. The predicted molar refractivity (Wildman–Crippen MR) is 138 cm³/mol. The molecule has 180 valence electrons. The number of ether oxygens (including phenoxy) is 1. The first-order valence-corrected chi connectivity index (χ1v) is 11.0. The molecule has 3 aromatic carbocycles. The van der Waals surface area contributed by atoms with Gasteiger partial charge in [0.2, 0.25) is 0 Å². The van der Waals surface area contributed by atoms with E-state index in [1.165, 1.54) is 0 Å². The largest absolute Gasteiger partial charge is 0.507 e. The second-order valence-corrected chi connectivity index (χ2v) is 8.17. The molecule has 9 nitrogen and oxygen atoms in total. The smallest absolute Gasteiger partial charge is 0.256 e. The fourth-order valence-corrected chi connectivity index (χ4v) is 3.75. The lowest BCUT2D eigenvalue weighted by molar-refractivity contribution is 0.100. The number of phenolic OH excluding ortho intramolecular Hbond substituents is 1. The Balaban J connectivity index is 1.45. The Morgan fingerprint density at radius 3 is 2.06 bits per heavy atom. The molecule has 0 fully saturated rings. The zero-order valence-electron chi connectivity index (χ0n) is 19.8. The van der Waals surface area contributed by atoms with Crippen molar-refractivity contribution in [3.63, 3.8) is 0 Å². The molecule has 1 heterocycles. The minimum absolute atomic E-state index is 0.234. The summed E-state index contributed by atoms with van der Waals surface area (Å²) in [6.07, 6.45) is 0. The van der Waals surface area contributed by atoms with Crippen LogP contribution in [0.3, 0.4) is 0 Å². The molecule has 0 aliphatic carbocycles. The topological polar surface area (TPSA) is 137 Å². The van der Waals surface area contributed by atoms with Crippen molar-refractivity contribution in [2.45, 2.75) is 20.4 Å². The molecule has 0 aliphatic rings. The standard InChI is InChI=1S/C26H28N6O3/c1-15-12-17(13-16(2)23(15)33)14-28-25-22(24(27)34)26(32-31-25)30-20-6-4-18(5-7-20)29-19-8-10-21(35-3)11-9-19/h4-13,29,33H,14H2,1-3H3,(H2,27,34)(H3,28,30,31,32). The van der Waals surface area contributed by atoms with Crippen LogP contribution >= 0.6 is 0 Å². The molecule has 0 radical (unpaired) electrons. The van der Waals surface area contributed by atoms with Crippen molar-refractivity contribution >= 4 is 34.6 Å². The van der Waals surface area contributed by atoms with Crippen LogP contribution in [0.2, 0.25) is 0 Å². The van der Waals surface area contributed by atoms with Gasteiger partial charge in [-0.1, -0.05) is 12.1 Å². The Bertz CT molecular complexity index is 1310. The second-order valence-electron chi connectivity index (χ2n) is 8.17. The zero-order valence-corrected chi connectivity index (χ0v) is 19.8. The molecule has 0 aliphatic heterocycles. The first-order valence-electron chi connectivity index (χ1n) is 11.0. The van der Waals surface area contributed by atoms with Gasteiger partial charge in [0, 0.05) is 23.6 Å². The summed E-state index contributed by atoms with van der Waals surface area (Å²) >= 11 is 0. The quantitative estimate of drug-likeness (QED) is 0.203. The molecular formula is C26H28N6O3. The summed E-state index contributed by atoms with van der Waals surface area (Å²) in [4.78, 5) is 12.2. The molecule has 0 saturated heterocycles. The van der Waals surface area contributed by atoms with E-state index in [-0.39, 0.29) is 11.3 Å².